The van der Waals surface area contributed by atoms with Crippen molar-refractivity contribution >= 4 is 17.6 Å². The molecule has 0 radical (unpaired) electrons. The molecule has 1 saturated heterocycles. The van der Waals surface area contributed by atoms with Crippen LogP contribution >= 0.6 is 0 Å². The van der Waals surface area contributed by atoms with Crippen molar-refractivity contribution in [3.8, 4) is 0 Å². The molecule has 2 rings (SSSR count). The van der Waals surface area contributed by atoms with E-state index in [1.165, 1.54) is 12.1 Å². The van der Waals surface area contributed by atoms with Gasteiger partial charge in [-0.15, -0.1) is 0 Å². The van der Waals surface area contributed by atoms with Gasteiger partial charge < -0.3 is 16.0 Å². The SMILES string of the molecule is O=C1CC[C@@H](CNC(=O)Nc2ccccc2F)N1. The number of halogens is 1. The Morgan fingerprint density at radius 2 is 2.22 bits per heavy atom. The number of anilines is 1. The van der Waals surface area contributed by atoms with Crippen LogP contribution in [0.2, 0.25) is 0 Å². The number of carbonyl (C=O) groups excluding carboxylic acids is 2. The first kappa shape index (κ1) is 12.3. The average molecular weight is 251 g/mol. The molecule has 5 nitrogen and oxygen atoms in total. The summed E-state index contributed by atoms with van der Waals surface area (Å²) in [6.45, 7) is 0.339. The predicted molar refractivity (Wildman–Crippen MR) is 64.6 cm³/mol. The van der Waals surface area contributed by atoms with Crippen LogP contribution in [0.3, 0.4) is 0 Å². The topological polar surface area (TPSA) is 70.2 Å². The predicted octanol–water partition coefficient (Wildman–Crippen LogP) is 1.23. The Morgan fingerprint density at radius 3 is 2.89 bits per heavy atom. The second kappa shape index (κ2) is 5.48. The van der Waals surface area contributed by atoms with E-state index in [9.17, 15) is 14.0 Å². The summed E-state index contributed by atoms with van der Waals surface area (Å²) in [6, 6.07) is 5.41. The van der Waals surface area contributed by atoms with Gasteiger partial charge in [0, 0.05) is 19.0 Å². The number of amides is 3. The Balaban J connectivity index is 1.79. The summed E-state index contributed by atoms with van der Waals surface area (Å²) in [4.78, 5) is 22.4. The van der Waals surface area contributed by atoms with Gasteiger partial charge in [-0.05, 0) is 18.6 Å². The smallest absolute Gasteiger partial charge is 0.319 e. The van der Waals surface area contributed by atoms with E-state index in [1.54, 1.807) is 12.1 Å². The third kappa shape index (κ3) is 3.19. The number of rotatable bonds is 3. The van der Waals surface area contributed by atoms with Gasteiger partial charge >= 0.3 is 6.03 Å². The molecule has 0 aromatic heterocycles. The molecule has 0 spiro atoms. The molecule has 1 aromatic carbocycles. The Bertz CT molecular complexity index is 464. The highest BCUT2D eigenvalue weighted by molar-refractivity contribution is 5.89. The standard InChI is InChI=1S/C12H14FN3O2/c13-9-3-1-2-4-10(9)16-12(18)14-7-8-5-6-11(17)15-8/h1-4,8H,5-7H2,(H,15,17)(H2,14,16,18)/t8-/m0/s1. The molecule has 0 aliphatic carbocycles. The lowest BCUT2D eigenvalue weighted by molar-refractivity contribution is -0.119. The Morgan fingerprint density at radius 1 is 1.44 bits per heavy atom. The molecule has 18 heavy (non-hydrogen) atoms. The zero-order valence-corrected chi connectivity index (χ0v) is 9.70. The molecule has 1 aromatic rings. The van der Waals surface area contributed by atoms with Gasteiger partial charge in [0.15, 0.2) is 0 Å². The van der Waals surface area contributed by atoms with Crippen LogP contribution < -0.4 is 16.0 Å². The molecule has 96 valence electrons. The summed E-state index contributed by atoms with van der Waals surface area (Å²) in [7, 11) is 0. The zero-order valence-electron chi connectivity index (χ0n) is 9.70. The number of benzene rings is 1. The largest absolute Gasteiger partial charge is 0.352 e. The second-order valence-corrected chi connectivity index (χ2v) is 4.12. The molecule has 3 amide bonds. The van der Waals surface area contributed by atoms with Crippen LogP contribution in [0.25, 0.3) is 0 Å². The van der Waals surface area contributed by atoms with Crippen molar-refractivity contribution in [1.82, 2.24) is 10.6 Å². The molecule has 0 unspecified atom stereocenters. The maximum absolute atomic E-state index is 13.2. The van der Waals surface area contributed by atoms with Crippen molar-refractivity contribution in [2.75, 3.05) is 11.9 Å². The minimum atomic E-state index is -0.485. The third-order valence-electron chi connectivity index (χ3n) is 2.72. The van der Waals surface area contributed by atoms with E-state index in [1.807, 2.05) is 0 Å². The van der Waals surface area contributed by atoms with Crippen LogP contribution in [0.15, 0.2) is 24.3 Å². The molecule has 1 heterocycles. The van der Waals surface area contributed by atoms with E-state index >= 15 is 0 Å². The molecule has 1 atom stereocenters. The minimum absolute atomic E-state index is 0.00341. The van der Waals surface area contributed by atoms with Crippen molar-refractivity contribution in [3.63, 3.8) is 0 Å². The highest BCUT2D eigenvalue weighted by atomic mass is 19.1. The van der Waals surface area contributed by atoms with Gasteiger partial charge in [-0.3, -0.25) is 4.79 Å². The molecule has 6 heteroatoms. The lowest BCUT2D eigenvalue weighted by atomic mass is 10.2. The summed E-state index contributed by atoms with van der Waals surface area (Å²) < 4.78 is 13.2. The number of para-hydroxylation sites is 1. The third-order valence-corrected chi connectivity index (χ3v) is 2.72. The van der Waals surface area contributed by atoms with Crippen LogP contribution in [0.5, 0.6) is 0 Å². The molecule has 0 bridgehead atoms. The van der Waals surface area contributed by atoms with E-state index in [0.29, 0.717) is 19.4 Å². The van der Waals surface area contributed by atoms with Gasteiger partial charge in [0.1, 0.15) is 5.82 Å². The van der Waals surface area contributed by atoms with Gasteiger partial charge in [-0.25, -0.2) is 9.18 Å². The van der Waals surface area contributed by atoms with Crippen LogP contribution in [0.4, 0.5) is 14.9 Å². The lowest BCUT2D eigenvalue weighted by Gasteiger charge is -2.12. The van der Waals surface area contributed by atoms with Gasteiger partial charge in [-0.1, -0.05) is 12.1 Å². The van der Waals surface area contributed by atoms with E-state index in [-0.39, 0.29) is 17.6 Å². The fourth-order valence-electron chi connectivity index (χ4n) is 1.78. The van der Waals surface area contributed by atoms with Gasteiger partial charge in [0.2, 0.25) is 5.91 Å². The maximum atomic E-state index is 13.2. The molecular formula is C12H14FN3O2. The summed E-state index contributed by atoms with van der Waals surface area (Å²) in [5, 5.41) is 7.73. The summed E-state index contributed by atoms with van der Waals surface area (Å²) in [5.74, 6) is -0.488. The molecule has 0 saturated carbocycles. The lowest BCUT2D eigenvalue weighted by Crippen LogP contribution is -2.40. The van der Waals surface area contributed by atoms with Gasteiger partial charge in [0.05, 0.1) is 5.69 Å². The minimum Gasteiger partial charge on any atom is -0.352 e. The highest BCUT2D eigenvalue weighted by Gasteiger charge is 2.20. The number of nitrogens with one attached hydrogen (secondary N) is 3. The second-order valence-electron chi connectivity index (χ2n) is 4.12. The van der Waals surface area contributed by atoms with Crippen LogP contribution in [-0.2, 0) is 4.79 Å². The number of carbonyl (C=O) groups is 2. The first-order valence-corrected chi connectivity index (χ1v) is 5.74. The van der Waals surface area contributed by atoms with E-state index < -0.39 is 11.8 Å². The summed E-state index contributed by atoms with van der Waals surface area (Å²) in [5.41, 5.74) is 0.130. The molecule has 3 N–H and O–H groups in total. The normalized spacial score (nSPS) is 18.3. The van der Waals surface area contributed by atoms with E-state index in [0.717, 1.165) is 0 Å². The highest BCUT2D eigenvalue weighted by Crippen LogP contribution is 2.12. The number of hydrogen-bond acceptors (Lipinski definition) is 2. The Kier molecular flexibility index (Phi) is 3.76. The van der Waals surface area contributed by atoms with Crippen molar-refractivity contribution < 1.29 is 14.0 Å². The number of urea groups is 1. The summed E-state index contributed by atoms with van der Waals surface area (Å²) in [6.07, 6.45) is 1.19. The van der Waals surface area contributed by atoms with Crippen LogP contribution in [0, 0.1) is 5.82 Å². The van der Waals surface area contributed by atoms with Crippen molar-refractivity contribution in [2.24, 2.45) is 0 Å². The number of hydrogen-bond donors (Lipinski definition) is 3. The van der Waals surface area contributed by atoms with Crippen molar-refractivity contribution in [3.05, 3.63) is 30.1 Å². The van der Waals surface area contributed by atoms with Crippen molar-refractivity contribution in [1.29, 1.82) is 0 Å². The molecule has 1 aliphatic rings. The first-order valence-electron chi connectivity index (χ1n) is 5.74. The van der Waals surface area contributed by atoms with Crippen LogP contribution in [0.1, 0.15) is 12.8 Å². The van der Waals surface area contributed by atoms with E-state index in [4.69, 9.17) is 0 Å². The Labute approximate surface area is 104 Å². The Hall–Kier alpha value is -2.11. The fourth-order valence-corrected chi connectivity index (χ4v) is 1.78. The summed E-state index contributed by atoms with van der Waals surface area (Å²) >= 11 is 0. The van der Waals surface area contributed by atoms with Crippen LogP contribution in [-0.4, -0.2) is 24.5 Å². The zero-order chi connectivity index (χ0) is 13.0. The van der Waals surface area contributed by atoms with Gasteiger partial charge in [-0.2, -0.15) is 0 Å². The molecular weight excluding hydrogens is 237 g/mol. The molecule has 1 aliphatic heterocycles. The first-order chi connectivity index (χ1) is 8.65. The van der Waals surface area contributed by atoms with E-state index in [2.05, 4.69) is 16.0 Å². The quantitative estimate of drug-likeness (QED) is 0.756. The van der Waals surface area contributed by atoms with Gasteiger partial charge in [0.25, 0.3) is 0 Å². The fraction of sp³-hybridized carbons (Fsp3) is 0.333. The average Bonchev–Trinajstić information content (AvgIpc) is 2.76. The monoisotopic (exact) mass is 251 g/mol. The van der Waals surface area contributed by atoms with Crippen molar-refractivity contribution in [2.45, 2.75) is 18.9 Å². The molecule has 1 fully saturated rings. The maximum Gasteiger partial charge on any atom is 0.319 e.